The lowest BCUT2D eigenvalue weighted by molar-refractivity contribution is 0.247. The molecule has 0 aliphatic heterocycles. The number of aryl methyl sites for hydroxylation is 1. The molecule has 118 valence electrons. The number of anilines is 1. The fourth-order valence-corrected chi connectivity index (χ4v) is 1.99. The molecule has 22 heavy (non-hydrogen) atoms. The molecule has 0 bridgehead atoms. The Labute approximate surface area is 132 Å². The van der Waals surface area contributed by atoms with Crippen LogP contribution in [0.4, 0.5) is 5.69 Å². The summed E-state index contributed by atoms with van der Waals surface area (Å²) in [5, 5.41) is 3.23. The number of ether oxygens (including phenoxy) is 2. The van der Waals surface area contributed by atoms with Crippen molar-refractivity contribution in [2.75, 3.05) is 31.6 Å². The molecule has 0 fully saturated rings. The van der Waals surface area contributed by atoms with Gasteiger partial charge in [0, 0.05) is 31.3 Å². The van der Waals surface area contributed by atoms with E-state index in [-0.39, 0.29) is 0 Å². The summed E-state index contributed by atoms with van der Waals surface area (Å²) in [7, 11) is 0. The maximum Gasteiger partial charge on any atom is 0.121 e. The first-order valence-corrected chi connectivity index (χ1v) is 7.64. The second-order valence-electron chi connectivity index (χ2n) is 5.11. The standard InChI is InChI=1S/C18H24N2O2/c1-15-6-8-17(9-7-15)21-12-3-13-22-18-5-2-4-16(14-18)20-11-10-19/h2,4-9,14,20H,3,10-13,19H2,1H3. The smallest absolute Gasteiger partial charge is 0.121 e. The summed E-state index contributed by atoms with van der Waals surface area (Å²) < 4.78 is 11.4. The molecular formula is C18H24N2O2. The van der Waals surface area contributed by atoms with Gasteiger partial charge in [-0.2, -0.15) is 0 Å². The zero-order valence-electron chi connectivity index (χ0n) is 13.0. The predicted molar refractivity (Wildman–Crippen MR) is 90.8 cm³/mol. The van der Waals surface area contributed by atoms with Crippen LogP contribution in [0.2, 0.25) is 0 Å². The average molecular weight is 300 g/mol. The van der Waals surface area contributed by atoms with Crippen molar-refractivity contribution in [1.29, 1.82) is 0 Å². The van der Waals surface area contributed by atoms with Crippen LogP contribution in [-0.4, -0.2) is 26.3 Å². The van der Waals surface area contributed by atoms with Crippen molar-refractivity contribution in [2.24, 2.45) is 5.73 Å². The third-order valence-electron chi connectivity index (χ3n) is 3.15. The van der Waals surface area contributed by atoms with Gasteiger partial charge < -0.3 is 20.5 Å². The Bertz CT molecular complexity index is 555. The van der Waals surface area contributed by atoms with Crippen molar-refractivity contribution in [1.82, 2.24) is 0 Å². The summed E-state index contributed by atoms with van der Waals surface area (Å²) >= 11 is 0. The van der Waals surface area contributed by atoms with Gasteiger partial charge in [0.1, 0.15) is 11.5 Å². The molecule has 2 aromatic rings. The van der Waals surface area contributed by atoms with Gasteiger partial charge in [0.2, 0.25) is 0 Å². The molecule has 0 spiro atoms. The molecule has 0 saturated heterocycles. The lowest BCUT2D eigenvalue weighted by Gasteiger charge is -2.10. The zero-order valence-corrected chi connectivity index (χ0v) is 13.0. The number of hydrogen-bond donors (Lipinski definition) is 2. The topological polar surface area (TPSA) is 56.5 Å². The number of benzene rings is 2. The van der Waals surface area contributed by atoms with Crippen molar-refractivity contribution < 1.29 is 9.47 Å². The van der Waals surface area contributed by atoms with E-state index in [1.54, 1.807) is 0 Å². The van der Waals surface area contributed by atoms with Crippen LogP contribution >= 0.6 is 0 Å². The quantitative estimate of drug-likeness (QED) is 0.698. The lowest BCUT2D eigenvalue weighted by atomic mass is 10.2. The van der Waals surface area contributed by atoms with Crippen LogP contribution < -0.4 is 20.5 Å². The largest absolute Gasteiger partial charge is 0.493 e. The molecule has 0 amide bonds. The molecule has 0 aliphatic rings. The second kappa shape index (κ2) is 8.95. The minimum absolute atomic E-state index is 0.613. The highest BCUT2D eigenvalue weighted by molar-refractivity contribution is 5.48. The summed E-state index contributed by atoms with van der Waals surface area (Å²) in [6.45, 7) is 4.71. The summed E-state index contributed by atoms with van der Waals surface area (Å²) in [5.41, 5.74) is 7.74. The van der Waals surface area contributed by atoms with Gasteiger partial charge >= 0.3 is 0 Å². The average Bonchev–Trinajstić information content (AvgIpc) is 2.55. The fraction of sp³-hybridized carbons (Fsp3) is 0.333. The molecule has 0 aromatic heterocycles. The molecule has 0 radical (unpaired) electrons. The van der Waals surface area contributed by atoms with E-state index in [4.69, 9.17) is 15.2 Å². The van der Waals surface area contributed by atoms with Crippen LogP contribution in [0.25, 0.3) is 0 Å². The van der Waals surface area contributed by atoms with Gasteiger partial charge in [0.25, 0.3) is 0 Å². The van der Waals surface area contributed by atoms with E-state index in [1.807, 2.05) is 48.5 Å². The Morgan fingerprint density at radius 3 is 2.41 bits per heavy atom. The van der Waals surface area contributed by atoms with Gasteiger partial charge in [-0.25, -0.2) is 0 Å². The van der Waals surface area contributed by atoms with E-state index < -0.39 is 0 Å². The van der Waals surface area contributed by atoms with Crippen LogP contribution in [0, 0.1) is 6.92 Å². The minimum atomic E-state index is 0.613. The third kappa shape index (κ3) is 5.66. The maximum absolute atomic E-state index is 5.73. The SMILES string of the molecule is Cc1ccc(OCCCOc2cccc(NCCN)c2)cc1. The van der Waals surface area contributed by atoms with E-state index in [0.717, 1.165) is 30.2 Å². The summed E-state index contributed by atoms with van der Waals surface area (Å²) in [5.74, 6) is 1.76. The highest BCUT2D eigenvalue weighted by Crippen LogP contribution is 2.17. The number of hydrogen-bond acceptors (Lipinski definition) is 4. The first-order valence-electron chi connectivity index (χ1n) is 7.64. The fourth-order valence-electron chi connectivity index (χ4n) is 1.99. The Hall–Kier alpha value is -2.20. The zero-order chi connectivity index (χ0) is 15.6. The van der Waals surface area contributed by atoms with Gasteiger partial charge in [0.15, 0.2) is 0 Å². The van der Waals surface area contributed by atoms with Gasteiger partial charge in [-0.05, 0) is 31.2 Å². The third-order valence-corrected chi connectivity index (χ3v) is 3.15. The van der Waals surface area contributed by atoms with Crippen molar-refractivity contribution in [3.8, 4) is 11.5 Å². The molecule has 2 aromatic carbocycles. The van der Waals surface area contributed by atoms with Crippen LogP contribution in [0.15, 0.2) is 48.5 Å². The highest BCUT2D eigenvalue weighted by atomic mass is 16.5. The van der Waals surface area contributed by atoms with Crippen molar-refractivity contribution in [3.05, 3.63) is 54.1 Å². The molecule has 4 nitrogen and oxygen atoms in total. The van der Waals surface area contributed by atoms with E-state index in [2.05, 4.69) is 12.2 Å². The maximum atomic E-state index is 5.73. The number of nitrogens with two attached hydrogens (primary N) is 1. The Kier molecular flexibility index (Phi) is 6.58. The van der Waals surface area contributed by atoms with E-state index in [1.165, 1.54) is 5.56 Å². The molecule has 3 N–H and O–H groups in total. The van der Waals surface area contributed by atoms with Crippen LogP contribution in [-0.2, 0) is 0 Å². The summed E-state index contributed by atoms with van der Waals surface area (Å²) in [6, 6.07) is 16.0. The van der Waals surface area contributed by atoms with E-state index >= 15 is 0 Å². The van der Waals surface area contributed by atoms with Crippen molar-refractivity contribution in [3.63, 3.8) is 0 Å². The molecule has 0 heterocycles. The highest BCUT2D eigenvalue weighted by Gasteiger charge is 1.98. The van der Waals surface area contributed by atoms with Crippen molar-refractivity contribution >= 4 is 5.69 Å². The summed E-state index contributed by atoms with van der Waals surface area (Å²) in [6.07, 6.45) is 0.842. The number of rotatable bonds is 9. The van der Waals surface area contributed by atoms with E-state index in [0.29, 0.717) is 19.8 Å². The van der Waals surface area contributed by atoms with Gasteiger partial charge in [-0.15, -0.1) is 0 Å². The Morgan fingerprint density at radius 1 is 0.955 bits per heavy atom. The summed E-state index contributed by atoms with van der Waals surface area (Å²) in [4.78, 5) is 0. The first-order chi connectivity index (χ1) is 10.8. The first kappa shape index (κ1) is 16.2. The monoisotopic (exact) mass is 300 g/mol. The Morgan fingerprint density at radius 2 is 1.68 bits per heavy atom. The van der Waals surface area contributed by atoms with Gasteiger partial charge in [0.05, 0.1) is 13.2 Å². The van der Waals surface area contributed by atoms with Crippen LogP contribution in [0.5, 0.6) is 11.5 Å². The number of nitrogens with one attached hydrogen (secondary N) is 1. The van der Waals surface area contributed by atoms with Gasteiger partial charge in [-0.1, -0.05) is 23.8 Å². The molecule has 0 atom stereocenters. The molecule has 0 unspecified atom stereocenters. The predicted octanol–water partition coefficient (Wildman–Crippen LogP) is 3.21. The molecular weight excluding hydrogens is 276 g/mol. The molecule has 2 rings (SSSR count). The molecule has 4 heteroatoms. The normalized spacial score (nSPS) is 10.3. The molecule has 0 saturated carbocycles. The van der Waals surface area contributed by atoms with E-state index in [9.17, 15) is 0 Å². The van der Waals surface area contributed by atoms with Crippen LogP contribution in [0.3, 0.4) is 0 Å². The molecule has 0 aliphatic carbocycles. The second-order valence-corrected chi connectivity index (χ2v) is 5.11. The van der Waals surface area contributed by atoms with Crippen molar-refractivity contribution in [2.45, 2.75) is 13.3 Å². The lowest BCUT2D eigenvalue weighted by Crippen LogP contribution is -2.13. The Balaban J connectivity index is 1.67. The minimum Gasteiger partial charge on any atom is -0.493 e. The van der Waals surface area contributed by atoms with Gasteiger partial charge in [-0.3, -0.25) is 0 Å². The van der Waals surface area contributed by atoms with Crippen LogP contribution in [0.1, 0.15) is 12.0 Å².